The van der Waals surface area contributed by atoms with E-state index in [0.717, 1.165) is 10.6 Å². The average Bonchev–Trinajstić information content (AvgIpc) is 2.54. The second-order valence-electron chi connectivity index (χ2n) is 5.13. The Balaban J connectivity index is 1.98. The average molecular weight is 351 g/mol. The van der Waals surface area contributed by atoms with Gasteiger partial charge in [-0.3, -0.25) is 14.1 Å². The van der Waals surface area contributed by atoms with E-state index in [1.807, 2.05) is 0 Å². The molecule has 0 bridgehead atoms. The molecule has 0 radical (unpaired) electrons. The summed E-state index contributed by atoms with van der Waals surface area (Å²) in [5.41, 5.74) is 0.623. The van der Waals surface area contributed by atoms with E-state index >= 15 is 0 Å². The molecule has 2 rings (SSSR count). The van der Waals surface area contributed by atoms with Crippen LogP contribution >= 0.6 is 0 Å². The van der Waals surface area contributed by atoms with E-state index in [-0.39, 0.29) is 31.1 Å². The van der Waals surface area contributed by atoms with Crippen molar-refractivity contribution < 1.29 is 17.6 Å². The van der Waals surface area contributed by atoms with Crippen LogP contribution in [0.1, 0.15) is 12.1 Å². The van der Waals surface area contributed by atoms with Crippen molar-refractivity contribution in [3.63, 3.8) is 0 Å². The topological polar surface area (TPSA) is 79.4 Å². The lowest BCUT2D eigenvalue weighted by Gasteiger charge is -2.22. The zero-order valence-electron chi connectivity index (χ0n) is 13.1. The van der Waals surface area contributed by atoms with Crippen LogP contribution in [-0.4, -0.2) is 32.1 Å². The summed E-state index contributed by atoms with van der Waals surface area (Å²) < 4.78 is 38.5. The highest BCUT2D eigenvalue weighted by Crippen LogP contribution is 2.21. The smallest absolute Gasteiger partial charge is 0.232 e. The number of aromatic nitrogens is 1. The van der Waals surface area contributed by atoms with E-state index in [1.54, 1.807) is 24.4 Å². The molecule has 1 aromatic heterocycles. The third-order valence-electron chi connectivity index (χ3n) is 3.26. The minimum absolute atomic E-state index is 0.0717. The molecular formula is C16H18FN3O3S. The number of nitrogens with one attached hydrogen (secondary N) is 1. The number of para-hydroxylation sites is 1. The van der Waals surface area contributed by atoms with Gasteiger partial charge in [-0.05, 0) is 24.3 Å². The van der Waals surface area contributed by atoms with Crippen LogP contribution in [0.5, 0.6) is 0 Å². The van der Waals surface area contributed by atoms with Crippen molar-refractivity contribution >= 4 is 21.6 Å². The Labute approximate surface area is 140 Å². The van der Waals surface area contributed by atoms with Gasteiger partial charge in [0.1, 0.15) is 5.82 Å². The Kier molecular flexibility index (Phi) is 5.86. The zero-order chi connectivity index (χ0) is 17.6. The zero-order valence-corrected chi connectivity index (χ0v) is 14.0. The lowest BCUT2D eigenvalue weighted by Crippen LogP contribution is -2.35. The van der Waals surface area contributed by atoms with Crippen LogP contribution in [-0.2, 0) is 21.4 Å². The molecule has 1 N–H and O–H groups in total. The number of sulfonamides is 1. The first kappa shape index (κ1) is 17.9. The summed E-state index contributed by atoms with van der Waals surface area (Å²) >= 11 is 0. The largest absolute Gasteiger partial charge is 0.350 e. The summed E-state index contributed by atoms with van der Waals surface area (Å²) in [7, 11) is -3.70. The fourth-order valence-corrected chi connectivity index (χ4v) is 3.03. The van der Waals surface area contributed by atoms with Crippen molar-refractivity contribution in [2.24, 2.45) is 0 Å². The number of pyridine rings is 1. The van der Waals surface area contributed by atoms with Crippen LogP contribution in [0.2, 0.25) is 0 Å². The molecule has 0 aliphatic heterocycles. The number of benzene rings is 1. The van der Waals surface area contributed by atoms with Gasteiger partial charge in [-0.25, -0.2) is 12.8 Å². The molecule has 1 aromatic carbocycles. The van der Waals surface area contributed by atoms with Gasteiger partial charge in [0.25, 0.3) is 0 Å². The van der Waals surface area contributed by atoms with Gasteiger partial charge >= 0.3 is 0 Å². The van der Waals surface area contributed by atoms with E-state index in [1.165, 1.54) is 24.3 Å². The maximum absolute atomic E-state index is 13.8. The number of hydrogen-bond donors (Lipinski definition) is 1. The quantitative estimate of drug-likeness (QED) is 0.823. The number of halogens is 1. The fourth-order valence-electron chi connectivity index (χ4n) is 2.10. The number of hydrogen-bond acceptors (Lipinski definition) is 4. The normalized spacial score (nSPS) is 11.1. The summed E-state index contributed by atoms with van der Waals surface area (Å²) in [6.45, 7) is 0.103. The summed E-state index contributed by atoms with van der Waals surface area (Å²) in [4.78, 5) is 16.0. The maximum Gasteiger partial charge on any atom is 0.232 e. The minimum atomic E-state index is -3.70. The van der Waals surface area contributed by atoms with Crippen LogP contribution < -0.4 is 9.62 Å². The monoisotopic (exact) mass is 351 g/mol. The molecule has 0 spiro atoms. The second kappa shape index (κ2) is 7.87. The van der Waals surface area contributed by atoms with Gasteiger partial charge in [-0.1, -0.05) is 18.2 Å². The van der Waals surface area contributed by atoms with E-state index < -0.39 is 15.8 Å². The summed E-state index contributed by atoms with van der Waals surface area (Å²) in [5.74, 6) is -0.998. The fraction of sp³-hybridized carbons (Fsp3) is 0.250. The predicted molar refractivity (Wildman–Crippen MR) is 89.3 cm³/mol. The van der Waals surface area contributed by atoms with Gasteiger partial charge in [0.05, 0.1) is 24.2 Å². The SMILES string of the molecule is CS(=O)(=O)N(CCC(=O)NCc1ccccn1)c1ccccc1F. The van der Waals surface area contributed by atoms with Gasteiger partial charge < -0.3 is 5.32 Å². The van der Waals surface area contributed by atoms with E-state index in [9.17, 15) is 17.6 Å². The van der Waals surface area contributed by atoms with Crippen LogP contribution in [0, 0.1) is 5.82 Å². The number of rotatable bonds is 7. The van der Waals surface area contributed by atoms with Gasteiger partial charge in [-0.2, -0.15) is 0 Å². The number of nitrogens with zero attached hydrogens (tertiary/aromatic N) is 2. The first-order chi connectivity index (χ1) is 11.4. The molecule has 0 unspecified atom stereocenters. The lowest BCUT2D eigenvalue weighted by molar-refractivity contribution is -0.121. The molecule has 0 saturated carbocycles. The Morgan fingerprint density at radius 1 is 1.21 bits per heavy atom. The summed E-state index contributed by atoms with van der Waals surface area (Å²) in [5, 5.41) is 2.66. The molecule has 0 aliphatic rings. The minimum Gasteiger partial charge on any atom is -0.350 e. The van der Waals surface area contributed by atoms with Crippen molar-refractivity contribution in [1.29, 1.82) is 0 Å². The molecule has 0 fully saturated rings. The van der Waals surface area contributed by atoms with Crippen LogP contribution in [0.4, 0.5) is 10.1 Å². The molecule has 0 saturated heterocycles. The van der Waals surface area contributed by atoms with E-state index in [2.05, 4.69) is 10.3 Å². The Morgan fingerprint density at radius 2 is 1.92 bits per heavy atom. The van der Waals surface area contributed by atoms with Crippen molar-refractivity contribution in [3.8, 4) is 0 Å². The first-order valence-corrected chi connectivity index (χ1v) is 9.11. The number of carbonyl (C=O) groups excluding carboxylic acids is 1. The number of anilines is 1. The highest BCUT2D eigenvalue weighted by atomic mass is 32.2. The van der Waals surface area contributed by atoms with Gasteiger partial charge in [0.15, 0.2) is 0 Å². The Morgan fingerprint density at radius 3 is 2.54 bits per heavy atom. The molecule has 0 atom stereocenters. The maximum atomic E-state index is 13.8. The molecule has 128 valence electrons. The second-order valence-corrected chi connectivity index (χ2v) is 7.04. The van der Waals surface area contributed by atoms with Gasteiger partial charge in [0, 0.05) is 19.2 Å². The molecule has 6 nitrogen and oxygen atoms in total. The third kappa shape index (κ3) is 5.02. The van der Waals surface area contributed by atoms with Crippen molar-refractivity contribution in [2.45, 2.75) is 13.0 Å². The molecule has 2 aromatic rings. The summed E-state index contributed by atoms with van der Waals surface area (Å²) in [6.07, 6.45) is 2.50. The molecule has 0 aliphatic carbocycles. The number of amides is 1. The summed E-state index contributed by atoms with van der Waals surface area (Å²) in [6, 6.07) is 10.9. The van der Waals surface area contributed by atoms with Crippen molar-refractivity contribution in [3.05, 3.63) is 60.2 Å². The molecular weight excluding hydrogens is 333 g/mol. The third-order valence-corrected chi connectivity index (χ3v) is 4.44. The molecule has 1 heterocycles. The standard InChI is InChI=1S/C16H18FN3O3S/c1-24(22,23)20(15-8-3-2-7-14(15)17)11-9-16(21)19-12-13-6-4-5-10-18-13/h2-8,10H,9,11-12H2,1H3,(H,19,21). The van der Waals surface area contributed by atoms with Gasteiger partial charge in [0.2, 0.25) is 15.9 Å². The lowest BCUT2D eigenvalue weighted by atomic mass is 10.3. The Hall–Kier alpha value is -2.48. The first-order valence-electron chi connectivity index (χ1n) is 7.27. The number of carbonyl (C=O) groups is 1. The van der Waals surface area contributed by atoms with Crippen LogP contribution in [0.3, 0.4) is 0 Å². The molecule has 1 amide bonds. The highest BCUT2D eigenvalue weighted by molar-refractivity contribution is 7.92. The van der Waals surface area contributed by atoms with Gasteiger partial charge in [-0.15, -0.1) is 0 Å². The van der Waals surface area contributed by atoms with Crippen LogP contribution in [0.25, 0.3) is 0 Å². The van der Waals surface area contributed by atoms with Crippen LogP contribution in [0.15, 0.2) is 48.7 Å². The predicted octanol–water partition coefficient (Wildman–Crippen LogP) is 1.69. The molecule has 8 heteroatoms. The molecule has 24 heavy (non-hydrogen) atoms. The van der Waals surface area contributed by atoms with E-state index in [0.29, 0.717) is 5.69 Å². The van der Waals surface area contributed by atoms with Crippen molar-refractivity contribution in [1.82, 2.24) is 10.3 Å². The Bertz CT molecular complexity index is 797. The highest BCUT2D eigenvalue weighted by Gasteiger charge is 2.21. The van der Waals surface area contributed by atoms with E-state index in [4.69, 9.17) is 0 Å². The van der Waals surface area contributed by atoms with Crippen molar-refractivity contribution in [2.75, 3.05) is 17.1 Å².